The number of benzene rings is 2. The van der Waals surface area contributed by atoms with Gasteiger partial charge in [-0.25, -0.2) is 4.99 Å². The van der Waals surface area contributed by atoms with E-state index >= 15 is 0 Å². The third-order valence-electron chi connectivity index (χ3n) is 3.53. The first kappa shape index (κ1) is 15.4. The van der Waals surface area contributed by atoms with E-state index in [-0.39, 0.29) is 11.7 Å². The summed E-state index contributed by atoms with van der Waals surface area (Å²) in [6.45, 7) is 1.99. The van der Waals surface area contributed by atoms with Gasteiger partial charge in [-0.15, -0.1) is 0 Å². The number of phenolic OH excluding ortho intramolecular Hbond substituents is 1. The van der Waals surface area contributed by atoms with E-state index in [2.05, 4.69) is 4.99 Å². The number of hydrogen-bond acceptors (Lipinski definition) is 4. The summed E-state index contributed by atoms with van der Waals surface area (Å²) < 4.78 is 0. The molecule has 1 heterocycles. The number of amidine groups is 1. The summed E-state index contributed by atoms with van der Waals surface area (Å²) in [7, 11) is 1.73. The van der Waals surface area contributed by atoms with Gasteiger partial charge in [0.05, 0.1) is 10.6 Å². The molecular weight excluding hydrogens is 308 g/mol. The minimum absolute atomic E-state index is 0.0737. The van der Waals surface area contributed by atoms with Gasteiger partial charge < -0.3 is 5.11 Å². The minimum Gasteiger partial charge on any atom is -0.508 e. The zero-order valence-corrected chi connectivity index (χ0v) is 13.7. The van der Waals surface area contributed by atoms with Gasteiger partial charge in [0.15, 0.2) is 5.17 Å². The number of hydrogen-bond donors (Lipinski definition) is 1. The van der Waals surface area contributed by atoms with Crippen LogP contribution in [0.3, 0.4) is 0 Å². The molecule has 0 aromatic heterocycles. The third-order valence-corrected chi connectivity index (χ3v) is 4.59. The molecule has 0 saturated carbocycles. The van der Waals surface area contributed by atoms with Gasteiger partial charge in [0.25, 0.3) is 5.91 Å². The maximum Gasteiger partial charge on any atom is 0.266 e. The molecule has 0 radical (unpaired) electrons. The highest BCUT2D eigenvalue weighted by Crippen LogP contribution is 2.33. The van der Waals surface area contributed by atoms with Crippen LogP contribution in [-0.2, 0) is 4.79 Å². The maximum atomic E-state index is 12.4. The smallest absolute Gasteiger partial charge is 0.266 e. The Morgan fingerprint density at radius 3 is 2.52 bits per heavy atom. The van der Waals surface area contributed by atoms with Crippen LogP contribution in [-0.4, -0.2) is 28.1 Å². The van der Waals surface area contributed by atoms with Crippen molar-refractivity contribution in [3.63, 3.8) is 0 Å². The van der Waals surface area contributed by atoms with E-state index in [1.54, 1.807) is 36.2 Å². The van der Waals surface area contributed by atoms with Crippen molar-refractivity contribution in [2.45, 2.75) is 6.92 Å². The highest BCUT2D eigenvalue weighted by atomic mass is 32.2. The molecule has 0 unspecified atom stereocenters. The molecule has 1 saturated heterocycles. The van der Waals surface area contributed by atoms with E-state index in [1.165, 1.54) is 11.8 Å². The molecule has 0 spiro atoms. The third kappa shape index (κ3) is 3.29. The Morgan fingerprint density at radius 1 is 1.13 bits per heavy atom. The number of carbonyl (C=O) groups excluding carboxylic acids is 1. The zero-order chi connectivity index (χ0) is 16.4. The summed E-state index contributed by atoms with van der Waals surface area (Å²) in [5.74, 6) is 0.131. The van der Waals surface area contributed by atoms with Crippen molar-refractivity contribution < 1.29 is 9.90 Å². The lowest BCUT2D eigenvalue weighted by molar-refractivity contribution is -0.121. The topological polar surface area (TPSA) is 52.9 Å². The first-order valence-corrected chi connectivity index (χ1v) is 7.97. The van der Waals surface area contributed by atoms with E-state index in [4.69, 9.17) is 0 Å². The fourth-order valence-corrected chi connectivity index (χ4v) is 3.15. The lowest BCUT2D eigenvalue weighted by Crippen LogP contribution is -2.23. The van der Waals surface area contributed by atoms with E-state index < -0.39 is 0 Å². The summed E-state index contributed by atoms with van der Waals surface area (Å²) in [5.41, 5.74) is 2.79. The number of para-hydroxylation sites is 1. The molecule has 23 heavy (non-hydrogen) atoms. The zero-order valence-electron chi connectivity index (χ0n) is 12.9. The molecule has 1 aliphatic rings. The predicted octanol–water partition coefficient (Wildman–Crippen LogP) is 3.93. The van der Waals surface area contributed by atoms with Crippen LogP contribution in [0.5, 0.6) is 5.75 Å². The average Bonchev–Trinajstić information content (AvgIpc) is 2.80. The SMILES string of the molecule is Cc1ccccc1N=C1S/C(=C/c2ccc(O)cc2)C(=O)N1C. The van der Waals surface area contributed by atoms with E-state index in [9.17, 15) is 9.90 Å². The van der Waals surface area contributed by atoms with Crippen LogP contribution >= 0.6 is 11.8 Å². The van der Waals surface area contributed by atoms with Gasteiger partial charge in [0.2, 0.25) is 0 Å². The second-order valence-corrected chi connectivity index (χ2v) is 6.26. The molecule has 2 aromatic carbocycles. The average molecular weight is 324 g/mol. The minimum atomic E-state index is -0.0737. The maximum absolute atomic E-state index is 12.4. The van der Waals surface area contributed by atoms with Crippen LogP contribution in [0.4, 0.5) is 5.69 Å². The predicted molar refractivity (Wildman–Crippen MR) is 94.7 cm³/mol. The lowest BCUT2D eigenvalue weighted by atomic mass is 10.2. The first-order valence-electron chi connectivity index (χ1n) is 7.15. The van der Waals surface area contributed by atoms with Gasteiger partial charge in [0, 0.05) is 7.05 Å². The van der Waals surface area contributed by atoms with Crippen molar-refractivity contribution >= 4 is 34.6 Å². The quantitative estimate of drug-likeness (QED) is 0.852. The fourth-order valence-electron chi connectivity index (χ4n) is 2.17. The van der Waals surface area contributed by atoms with Crippen LogP contribution in [0, 0.1) is 6.92 Å². The molecule has 0 atom stereocenters. The van der Waals surface area contributed by atoms with Crippen molar-refractivity contribution in [3.05, 3.63) is 64.6 Å². The number of likely N-dealkylation sites (N-methyl/N-ethyl adjacent to an activating group) is 1. The Hall–Kier alpha value is -2.53. The molecule has 4 nitrogen and oxygen atoms in total. The van der Waals surface area contributed by atoms with Crippen molar-refractivity contribution in [2.75, 3.05) is 7.05 Å². The van der Waals surface area contributed by atoms with Gasteiger partial charge in [-0.3, -0.25) is 9.69 Å². The number of aryl methyl sites for hydroxylation is 1. The normalized spacial score (nSPS) is 18.2. The summed E-state index contributed by atoms with van der Waals surface area (Å²) in [6, 6.07) is 14.6. The summed E-state index contributed by atoms with van der Waals surface area (Å²) in [4.78, 5) is 19.1. The van der Waals surface area contributed by atoms with Crippen molar-refractivity contribution in [2.24, 2.45) is 4.99 Å². The van der Waals surface area contributed by atoms with Gasteiger partial charge >= 0.3 is 0 Å². The number of aliphatic imine (C=N–C) groups is 1. The molecule has 1 aliphatic heterocycles. The molecule has 1 amide bonds. The highest BCUT2D eigenvalue weighted by molar-refractivity contribution is 8.18. The molecule has 3 rings (SSSR count). The Labute approximate surface area is 139 Å². The number of carbonyl (C=O) groups is 1. The lowest BCUT2D eigenvalue weighted by Gasteiger charge is -2.08. The Balaban J connectivity index is 1.91. The standard InChI is InChI=1S/C18H16N2O2S/c1-12-5-3-4-6-15(12)19-18-20(2)17(22)16(23-18)11-13-7-9-14(21)10-8-13/h3-11,21H,1-2H3/b16-11+,19-18?. The number of aromatic hydroxyl groups is 1. The molecule has 0 bridgehead atoms. The summed E-state index contributed by atoms with van der Waals surface area (Å²) in [6.07, 6.45) is 1.81. The Kier molecular flexibility index (Phi) is 4.21. The van der Waals surface area contributed by atoms with Crippen molar-refractivity contribution in [1.82, 2.24) is 4.90 Å². The summed E-state index contributed by atoms with van der Waals surface area (Å²) >= 11 is 1.35. The van der Waals surface area contributed by atoms with E-state index in [1.807, 2.05) is 37.3 Å². The van der Waals surface area contributed by atoms with Crippen molar-refractivity contribution in [1.29, 1.82) is 0 Å². The largest absolute Gasteiger partial charge is 0.508 e. The van der Waals surface area contributed by atoms with Crippen LogP contribution in [0.25, 0.3) is 6.08 Å². The van der Waals surface area contributed by atoms with Crippen LogP contribution in [0.2, 0.25) is 0 Å². The Bertz CT molecular complexity index is 810. The molecular formula is C18H16N2O2S. The van der Waals surface area contributed by atoms with Gasteiger partial charge in [0.1, 0.15) is 5.75 Å². The molecule has 5 heteroatoms. The fraction of sp³-hybridized carbons (Fsp3) is 0.111. The van der Waals surface area contributed by atoms with E-state index in [0.29, 0.717) is 10.1 Å². The number of rotatable bonds is 2. The number of nitrogens with zero attached hydrogens (tertiary/aromatic N) is 2. The molecule has 1 fully saturated rings. The van der Waals surface area contributed by atoms with Crippen LogP contribution in [0.1, 0.15) is 11.1 Å². The van der Waals surface area contributed by atoms with Crippen LogP contribution < -0.4 is 0 Å². The first-order chi connectivity index (χ1) is 11.0. The van der Waals surface area contributed by atoms with Gasteiger partial charge in [-0.2, -0.15) is 0 Å². The van der Waals surface area contributed by atoms with Gasteiger partial charge in [-0.05, 0) is 54.1 Å². The molecule has 1 N–H and O–H groups in total. The summed E-state index contributed by atoms with van der Waals surface area (Å²) in [5, 5.41) is 9.98. The van der Waals surface area contributed by atoms with E-state index in [0.717, 1.165) is 16.8 Å². The monoisotopic (exact) mass is 324 g/mol. The second kappa shape index (κ2) is 6.30. The van der Waals surface area contributed by atoms with Crippen molar-refractivity contribution in [3.8, 4) is 5.75 Å². The number of phenols is 1. The molecule has 2 aromatic rings. The number of amides is 1. The highest BCUT2D eigenvalue weighted by Gasteiger charge is 2.30. The molecule has 0 aliphatic carbocycles. The Morgan fingerprint density at radius 2 is 1.83 bits per heavy atom. The molecule has 116 valence electrons. The number of thioether (sulfide) groups is 1. The van der Waals surface area contributed by atoms with Gasteiger partial charge in [-0.1, -0.05) is 30.3 Å². The second-order valence-electron chi connectivity index (χ2n) is 5.25. The van der Waals surface area contributed by atoms with Crippen LogP contribution in [0.15, 0.2) is 58.4 Å².